The van der Waals surface area contributed by atoms with E-state index in [1.54, 1.807) is 24.3 Å². The van der Waals surface area contributed by atoms with Gasteiger partial charge in [-0.25, -0.2) is 9.69 Å². The Morgan fingerprint density at radius 3 is 2.38 bits per heavy atom. The lowest BCUT2D eigenvalue weighted by Gasteiger charge is -2.28. The second-order valence-corrected chi connectivity index (χ2v) is 9.49. The van der Waals surface area contributed by atoms with Crippen LogP contribution in [0.4, 0.5) is 43.8 Å². The number of urea groups is 1. The first-order chi connectivity index (χ1) is 18.7. The molecule has 0 unspecified atom stereocenters. The van der Waals surface area contributed by atoms with Gasteiger partial charge in [-0.1, -0.05) is 24.3 Å². The standard InChI is InChI=1S/C27H19F5N4O4/c1-25(2)23(37)36(17-11-10-15(13-33)18(12-17)26(28,29)30)24(38)35(25)14-16-6-3-4-7-19(16)34-20-8-5-9-21-22(20)40-27(31,32)39-21/h3-12,34H,14H2,1-2H3. The number of nitriles is 1. The van der Waals surface area contributed by atoms with Gasteiger partial charge in [-0.05, 0) is 55.8 Å². The summed E-state index contributed by atoms with van der Waals surface area (Å²) in [6.45, 7) is 2.74. The average Bonchev–Trinajstić information content (AvgIpc) is 3.29. The summed E-state index contributed by atoms with van der Waals surface area (Å²) in [6.07, 6.45) is -8.73. The quantitative estimate of drug-likeness (QED) is 0.288. The van der Waals surface area contributed by atoms with E-state index in [1.807, 2.05) is 0 Å². The number of fused-ring (bicyclic) bond motifs is 1. The van der Waals surface area contributed by atoms with Gasteiger partial charge in [-0.3, -0.25) is 4.79 Å². The molecule has 2 heterocycles. The first kappa shape index (κ1) is 26.7. The molecular weight excluding hydrogens is 539 g/mol. The maximum absolute atomic E-state index is 13.6. The van der Waals surface area contributed by atoms with E-state index in [2.05, 4.69) is 14.8 Å². The van der Waals surface area contributed by atoms with Gasteiger partial charge in [0.05, 0.1) is 35.1 Å². The third kappa shape index (κ3) is 4.51. The molecule has 206 valence electrons. The van der Waals surface area contributed by atoms with E-state index in [4.69, 9.17) is 5.26 Å². The molecule has 0 radical (unpaired) electrons. The van der Waals surface area contributed by atoms with Crippen molar-refractivity contribution in [2.24, 2.45) is 0 Å². The van der Waals surface area contributed by atoms with Gasteiger partial charge in [0.1, 0.15) is 5.54 Å². The van der Waals surface area contributed by atoms with Crippen molar-refractivity contribution in [3.8, 4) is 17.6 Å². The van der Waals surface area contributed by atoms with Crippen molar-refractivity contribution in [2.75, 3.05) is 10.2 Å². The number of alkyl halides is 5. The Labute approximate surface area is 224 Å². The summed E-state index contributed by atoms with van der Waals surface area (Å²) in [4.78, 5) is 28.6. The van der Waals surface area contributed by atoms with Crippen molar-refractivity contribution >= 4 is 29.0 Å². The zero-order valence-corrected chi connectivity index (χ0v) is 20.8. The lowest BCUT2D eigenvalue weighted by molar-refractivity contribution is -0.286. The summed E-state index contributed by atoms with van der Waals surface area (Å²) in [5, 5.41) is 12.1. The van der Waals surface area contributed by atoms with Crippen LogP contribution in [0.2, 0.25) is 0 Å². The highest BCUT2D eigenvalue weighted by Gasteiger charge is 2.52. The number of hydrogen-bond donors (Lipinski definition) is 1. The third-order valence-electron chi connectivity index (χ3n) is 6.55. The first-order valence-electron chi connectivity index (χ1n) is 11.7. The highest BCUT2D eigenvalue weighted by molar-refractivity contribution is 6.23. The van der Waals surface area contributed by atoms with Gasteiger partial charge in [-0.15, -0.1) is 8.78 Å². The number of para-hydroxylation sites is 2. The van der Waals surface area contributed by atoms with Crippen molar-refractivity contribution in [3.05, 3.63) is 77.4 Å². The number of hydrogen-bond acceptors (Lipinski definition) is 6. The van der Waals surface area contributed by atoms with E-state index < -0.39 is 41.1 Å². The summed E-state index contributed by atoms with van der Waals surface area (Å²) < 4.78 is 77.0. The molecule has 2 aliphatic rings. The van der Waals surface area contributed by atoms with Crippen LogP contribution in [0.25, 0.3) is 0 Å². The van der Waals surface area contributed by atoms with E-state index in [9.17, 15) is 31.5 Å². The van der Waals surface area contributed by atoms with E-state index >= 15 is 0 Å². The summed E-state index contributed by atoms with van der Waals surface area (Å²) in [7, 11) is 0. The van der Waals surface area contributed by atoms with Crippen molar-refractivity contribution in [2.45, 2.75) is 38.4 Å². The lowest BCUT2D eigenvalue weighted by atomic mass is 10.0. The molecule has 0 atom stereocenters. The predicted octanol–water partition coefficient (Wildman–Crippen LogP) is 6.39. The smallest absolute Gasteiger partial charge is 0.395 e. The van der Waals surface area contributed by atoms with Gasteiger partial charge in [0.2, 0.25) is 0 Å². The summed E-state index contributed by atoms with van der Waals surface area (Å²) >= 11 is 0. The molecule has 1 N–H and O–H groups in total. The molecule has 1 fully saturated rings. The highest BCUT2D eigenvalue weighted by atomic mass is 19.4. The highest BCUT2D eigenvalue weighted by Crippen LogP contribution is 2.47. The third-order valence-corrected chi connectivity index (χ3v) is 6.55. The molecule has 5 rings (SSSR count). The molecule has 0 bridgehead atoms. The number of rotatable bonds is 5. The Balaban J connectivity index is 1.46. The van der Waals surface area contributed by atoms with E-state index in [-0.39, 0.29) is 29.4 Å². The molecule has 40 heavy (non-hydrogen) atoms. The fourth-order valence-corrected chi connectivity index (χ4v) is 4.50. The maximum atomic E-state index is 13.6. The number of carbonyl (C=O) groups is 2. The summed E-state index contributed by atoms with van der Waals surface area (Å²) in [5.41, 5.74) is -2.70. The van der Waals surface area contributed by atoms with Crippen molar-refractivity contribution in [1.82, 2.24) is 4.90 Å². The van der Waals surface area contributed by atoms with Gasteiger partial charge in [0, 0.05) is 5.69 Å². The number of nitrogens with one attached hydrogen (secondary N) is 1. The number of nitrogens with zero attached hydrogens (tertiary/aromatic N) is 3. The first-order valence-corrected chi connectivity index (χ1v) is 11.7. The summed E-state index contributed by atoms with van der Waals surface area (Å²) in [5.74, 6) is -1.16. The number of ether oxygens (including phenoxy) is 2. The fraction of sp³-hybridized carbons (Fsp3) is 0.222. The van der Waals surface area contributed by atoms with E-state index in [0.717, 1.165) is 12.1 Å². The van der Waals surface area contributed by atoms with Crippen LogP contribution in [-0.2, 0) is 17.5 Å². The van der Waals surface area contributed by atoms with Crippen LogP contribution in [-0.4, -0.2) is 28.7 Å². The zero-order chi connectivity index (χ0) is 29.0. The zero-order valence-electron chi connectivity index (χ0n) is 20.8. The Kier molecular flexibility index (Phi) is 6.09. The maximum Gasteiger partial charge on any atom is 0.586 e. The normalized spacial score (nSPS) is 17.2. The van der Waals surface area contributed by atoms with Gasteiger partial charge in [0.25, 0.3) is 5.91 Å². The molecule has 13 heteroatoms. The number of imide groups is 1. The predicted molar refractivity (Wildman–Crippen MR) is 131 cm³/mol. The largest absolute Gasteiger partial charge is 0.586 e. The second kappa shape index (κ2) is 9.11. The molecule has 0 aromatic heterocycles. The molecule has 3 aromatic carbocycles. The topological polar surface area (TPSA) is 94.9 Å². The Morgan fingerprint density at radius 1 is 0.975 bits per heavy atom. The number of anilines is 3. The molecule has 0 saturated carbocycles. The number of amides is 3. The van der Waals surface area contributed by atoms with E-state index in [1.165, 1.54) is 43.0 Å². The SMILES string of the molecule is CC1(C)C(=O)N(c2ccc(C#N)c(C(F)(F)F)c2)C(=O)N1Cc1ccccc1Nc1cccc2c1OC(F)(F)O2. The molecule has 1 saturated heterocycles. The monoisotopic (exact) mass is 558 g/mol. The fourth-order valence-electron chi connectivity index (χ4n) is 4.50. The van der Waals surface area contributed by atoms with Crippen molar-refractivity contribution in [3.63, 3.8) is 0 Å². The number of benzene rings is 3. The molecule has 3 amide bonds. The van der Waals surface area contributed by atoms with Crippen molar-refractivity contribution in [1.29, 1.82) is 5.26 Å². The molecule has 2 aliphatic heterocycles. The van der Waals surface area contributed by atoms with Crippen LogP contribution < -0.4 is 19.7 Å². The minimum Gasteiger partial charge on any atom is -0.395 e. The Morgan fingerprint density at radius 2 is 1.68 bits per heavy atom. The van der Waals surface area contributed by atoms with Crippen LogP contribution in [0.5, 0.6) is 11.5 Å². The van der Waals surface area contributed by atoms with Gasteiger partial charge >= 0.3 is 18.5 Å². The molecule has 8 nitrogen and oxygen atoms in total. The second-order valence-electron chi connectivity index (χ2n) is 9.49. The lowest BCUT2D eigenvalue weighted by Crippen LogP contribution is -2.43. The van der Waals surface area contributed by atoms with Crippen LogP contribution in [0, 0.1) is 11.3 Å². The Bertz CT molecular complexity index is 1580. The minimum atomic E-state index is -4.89. The molecule has 0 spiro atoms. The average molecular weight is 558 g/mol. The molecule has 3 aromatic rings. The van der Waals surface area contributed by atoms with Gasteiger partial charge < -0.3 is 19.7 Å². The minimum absolute atomic E-state index is 0.157. The Hall–Kier alpha value is -4.86. The van der Waals surface area contributed by atoms with Crippen LogP contribution in [0.1, 0.15) is 30.5 Å². The van der Waals surface area contributed by atoms with Crippen LogP contribution in [0.3, 0.4) is 0 Å². The van der Waals surface area contributed by atoms with Gasteiger partial charge in [-0.2, -0.15) is 18.4 Å². The number of halogens is 5. The molecule has 0 aliphatic carbocycles. The van der Waals surface area contributed by atoms with Crippen LogP contribution >= 0.6 is 0 Å². The molecular formula is C27H19F5N4O4. The van der Waals surface area contributed by atoms with Gasteiger partial charge in [0.15, 0.2) is 11.5 Å². The van der Waals surface area contributed by atoms with Crippen molar-refractivity contribution < 1.29 is 41.0 Å². The van der Waals surface area contributed by atoms with E-state index in [0.29, 0.717) is 22.2 Å². The summed E-state index contributed by atoms with van der Waals surface area (Å²) in [6, 6.07) is 14.0. The number of carbonyl (C=O) groups excluding carboxylic acids is 2. The van der Waals surface area contributed by atoms with Crippen LogP contribution in [0.15, 0.2) is 60.7 Å².